The van der Waals surface area contributed by atoms with Gasteiger partial charge in [0, 0.05) is 36.9 Å². The molecule has 0 spiro atoms. The van der Waals surface area contributed by atoms with Crippen molar-refractivity contribution in [3.63, 3.8) is 0 Å². The minimum atomic E-state index is -4.12. The first-order valence-corrected chi connectivity index (χ1v) is 18.4. The number of halogens is 2. The first-order valence-electron chi connectivity index (χ1n) is 13.1. The third kappa shape index (κ3) is 7.35. The van der Waals surface area contributed by atoms with E-state index >= 15 is 0 Å². The molecule has 2 atom stereocenters. The van der Waals surface area contributed by atoms with Gasteiger partial charge in [0.15, 0.2) is 5.72 Å². The third-order valence-electron chi connectivity index (χ3n) is 7.29. The number of ether oxygens (including phenoxy) is 1. The maximum absolute atomic E-state index is 12.6. The van der Waals surface area contributed by atoms with Crippen LogP contribution in [0, 0.1) is 0 Å². The molecule has 6 N–H and O–H groups in total. The number of carbonyl (C=O) groups excluding carboxylic acids is 1. The summed E-state index contributed by atoms with van der Waals surface area (Å²) in [6.45, 7) is 2.62. The van der Waals surface area contributed by atoms with E-state index in [1.165, 1.54) is 31.3 Å². The van der Waals surface area contributed by atoms with Gasteiger partial charge in [0.1, 0.15) is 9.79 Å². The van der Waals surface area contributed by atoms with Crippen molar-refractivity contribution in [2.24, 2.45) is 10.3 Å². The van der Waals surface area contributed by atoms with Gasteiger partial charge in [-0.2, -0.15) is 4.31 Å². The summed E-state index contributed by atoms with van der Waals surface area (Å²) in [4.78, 5) is 11.0. The average Bonchev–Trinajstić information content (AvgIpc) is 3.48. The highest BCUT2D eigenvalue weighted by atomic mass is 35.5. The molecular formula is C27H30Cl2N4O9S3. The number of nitrogens with zero attached hydrogens (tertiary/aromatic N) is 1. The van der Waals surface area contributed by atoms with Crippen LogP contribution in [0.25, 0.3) is 0 Å². The Labute approximate surface area is 271 Å². The van der Waals surface area contributed by atoms with Crippen molar-refractivity contribution < 1.29 is 39.9 Å². The fourth-order valence-corrected chi connectivity index (χ4v) is 8.56. The second kappa shape index (κ2) is 12.5. The van der Waals surface area contributed by atoms with Gasteiger partial charge < -0.3 is 15.2 Å². The van der Waals surface area contributed by atoms with Crippen LogP contribution in [0.3, 0.4) is 0 Å². The van der Waals surface area contributed by atoms with Crippen molar-refractivity contribution in [1.29, 1.82) is 0 Å². The van der Waals surface area contributed by atoms with Crippen LogP contribution in [0.5, 0.6) is 0 Å². The number of hydrogen-bond donors (Lipinski definition) is 4. The number of primary sulfonamides is 2. The molecule has 0 radical (unpaired) electrons. The fourth-order valence-electron chi connectivity index (χ4n) is 5.03. The van der Waals surface area contributed by atoms with E-state index < -0.39 is 52.2 Å². The number of likely N-dealkylation sites (N-methyl/N-ethyl adjacent to an activating group) is 1. The molecule has 13 nitrogen and oxygen atoms in total. The Balaban J connectivity index is 0.000000205. The summed E-state index contributed by atoms with van der Waals surface area (Å²) in [6.07, 6.45) is 1.64. The normalized spacial score (nSPS) is 21.6. The lowest BCUT2D eigenvalue weighted by atomic mass is 9.94. The van der Waals surface area contributed by atoms with E-state index in [-0.39, 0.29) is 31.9 Å². The summed E-state index contributed by atoms with van der Waals surface area (Å²) >= 11 is 11.6. The lowest BCUT2D eigenvalue weighted by Gasteiger charge is -2.28. The minimum absolute atomic E-state index is 0.0625. The Kier molecular flexibility index (Phi) is 9.80. The van der Waals surface area contributed by atoms with Gasteiger partial charge in [-0.3, -0.25) is 4.79 Å². The standard InChI is InChI=1S/C14H11ClN2O4S.C13H19ClN2O5S2/c15-11-6-5-8(7-12(11)22(16,20)21)14(19)10-4-2-1-3-9(10)13(18)17-14;1-13(6-3-7-21-13)9-16(2)23(19,20)10-4-5-11(14)12(8-10)22(15,17)18/h1-7,19H,(H,17,18)(H2,16,20,21);4-5,8H,3,6-7,9H2,1-2H3,(H2,15,17,18). The first-order chi connectivity index (χ1) is 20.7. The van der Waals surface area contributed by atoms with E-state index in [4.69, 9.17) is 38.2 Å². The average molecular weight is 722 g/mol. The molecule has 18 heteroatoms. The van der Waals surface area contributed by atoms with Crippen LogP contribution in [-0.2, 0) is 40.5 Å². The summed E-state index contributed by atoms with van der Waals surface area (Å²) in [6, 6.07) is 13.8. The zero-order valence-corrected chi connectivity index (χ0v) is 27.9. The molecule has 1 amide bonds. The Bertz CT molecular complexity index is 1990. The predicted molar refractivity (Wildman–Crippen MR) is 166 cm³/mol. The van der Waals surface area contributed by atoms with Gasteiger partial charge in [-0.25, -0.2) is 35.5 Å². The number of benzene rings is 3. The zero-order valence-electron chi connectivity index (χ0n) is 23.9. The molecule has 0 bridgehead atoms. The molecule has 2 heterocycles. The zero-order chi connectivity index (χ0) is 33.6. The van der Waals surface area contributed by atoms with Crippen molar-refractivity contribution in [2.45, 2.75) is 45.8 Å². The quantitative estimate of drug-likeness (QED) is 0.281. The molecule has 3 aromatic rings. The smallest absolute Gasteiger partial charge is 0.254 e. The largest absolute Gasteiger partial charge is 0.374 e. The van der Waals surface area contributed by atoms with E-state index in [1.54, 1.807) is 24.3 Å². The Hall–Kier alpha value is -2.64. The number of rotatable bonds is 7. The molecule has 1 saturated heterocycles. The van der Waals surface area contributed by atoms with Crippen LogP contribution in [0.4, 0.5) is 0 Å². The first kappa shape index (κ1) is 35.2. The van der Waals surface area contributed by atoms with Gasteiger partial charge in [0.05, 0.1) is 20.5 Å². The van der Waals surface area contributed by atoms with Crippen LogP contribution < -0.4 is 15.6 Å². The van der Waals surface area contributed by atoms with Gasteiger partial charge in [-0.05, 0) is 56.2 Å². The van der Waals surface area contributed by atoms with Crippen molar-refractivity contribution in [3.8, 4) is 0 Å². The van der Waals surface area contributed by atoms with E-state index in [9.17, 15) is 35.2 Å². The maximum atomic E-state index is 12.6. The van der Waals surface area contributed by atoms with Gasteiger partial charge >= 0.3 is 0 Å². The molecular weight excluding hydrogens is 691 g/mol. The van der Waals surface area contributed by atoms with Crippen LogP contribution in [-0.4, -0.2) is 66.4 Å². The Morgan fingerprint density at radius 2 is 1.51 bits per heavy atom. The van der Waals surface area contributed by atoms with E-state index in [0.29, 0.717) is 17.7 Å². The molecule has 0 aromatic heterocycles. The topological polar surface area (TPSA) is 216 Å². The van der Waals surface area contributed by atoms with Gasteiger partial charge in [0.2, 0.25) is 30.1 Å². The molecule has 5 rings (SSSR count). The number of hydrogen-bond acceptors (Lipinski definition) is 9. The van der Waals surface area contributed by atoms with Crippen LogP contribution in [0.15, 0.2) is 75.4 Å². The Morgan fingerprint density at radius 3 is 2.09 bits per heavy atom. The summed E-state index contributed by atoms with van der Waals surface area (Å²) in [5.74, 6) is -0.454. The summed E-state index contributed by atoms with van der Waals surface area (Å²) in [7, 11) is -10.6. The number of nitrogens with one attached hydrogen (secondary N) is 1. The van der Waals surface area contributed by atoms with E-state index in [0.717, 1.165) is 29.3 Å². The molecule has 2 aliphatic heterocycles. The number of carbonyl (C=O) groups is 1. The lowest BCUT2D eigenvalue weighted by Crippen LogP contribution is -2.41. The number of fused-ring (bicyclic) bond motifs is 1. The molecule has 3 aromatic carbocycles. The highest BCUT2D eigenvalue weighted by Crippen LogP contribution is 2.37. The molecule has 45 heavy (non-hydrogen) atoms. The predicted octanol–water partition coefficient (Wildman–Crippen LogP) is 2.10. The maximum Gasteiger partial charge on any atom is 0.254 e. The highest BCUT2D eigenvalue weighted by molar-refractivity contribution is 7.90. The number of amides is 1. The van der Waals surface area contributed by atoms with Crippen molar-refractivity contribution in [3.05, 3.63) is 87.4 Å². The second-order valence-corrected chi connectivity index (χ2v) is 16.6. The van der Waals surface area contributed by atoms with Crippen molar-refractivity contribution in [2.75, 3.05) is 20.2 Å². The fraction of sp³-hybridized carbons (Fsp3) is 0.296. The number of aliphatic hydroxyl groups is 1. The molecule has 0 saturated carbocycles. The highest BCUT2D eigenvalue weighted by Gasteiger charge is 2.43. The molecule has 2 aliphatic rings. The second-order valence-electron chi connectivity index (χ2n) is 10.7. The summed E-state index contributed by atoms with van der Waals surface area (Å²) < 4.78 is 78.1. The molecule has 1 fully saturated rings. The SMILES string of the molecule is CN(CC1(C)CCCO1)S(=O)(=O)c1ccc(Cl)c(S(N)(=O)=O)c1.NS(=O)(=O)c1cc(C2(O)NC(=O)c3ccccc32)ccc1Cl. The minimum Gasteiger partial charge on any atom is -0.374 e. The van der Waals surface area contributed by atoms with Crippen molar-refractivity contribution >= 4 is 59.2 Å². The van der Waals surface area contributed by atoms with Gasteiger partial charge in [0.25, 0.3) is 5.91 Å². The Morgan fingerprint density at radius 1 is 0.933 bits per heavy atom. The van der Waals surface area contributed by atoms with E-state index in [1.807, 2.05) is 6.92 Å². The van der Waals surface area contributed by atoms with E-state index in [2.05, 4.69) is 5.32 Å². The summed E-state index contributed by atoms with van der Waals surface area (Å²) in [5, 5.41) is 23.3. The van der Waals surface area contributed by atoms with Crippen molar-refractivity contribution in [1.82, 2.24) is 9.62 Å². The third-order valence-corrected chi connectivity index (χ3v) is 11.9. The van der Waals surface area contributed by atoms with Crippen LogP contribution in [0.2, 0.25) is 10.0 Å². The molecule has 244 valence electrons. The van der Waals surface area contributed by atoms with Gasteiger partial charge in [-0.15, -0.1) is 0 Å². The van der Waals surface area contributed by atoms with Crippen LogP contribution >= 0.6 is 23.2 Å². The molecule has 0 aliphatic carbocycles. The number of sulfonamides is 3. The van der Waals surface area contributed by atoms with Gasteiger partial charge in [-0.1, -0.05) is 47.5 Å². The number of nitrogens with two attached hydrogens (primary N) is 2. The lowest BCUT2D eigenvalue weighted by molar-refractivity contribution is 0.00965. The molecule has 2 unspecified atom stereocenters. The monoisotopic (exact) mass is 720 g/mol. The summed E-state index contributed by atoms with van der Waals surface area (Å²) in [5.41, 5.74) is -1.58. The van der Waals surface area contributed by atoms with Crippen LogP contribution in [0.1, 0.15) is 41.3 Å².